The minimum absolute atomic E-state index is 0.0338. The van der Waals surface area contributed by atoms with Crippen molar-refractivity contribution in [3.8, 4) is 5.75 Å². The third-order valence-corrected chi connectivity index (χ3v) is 1.33. The monoisotopic (exact) mass is 151 g/mol. The lowest BCUT2D eigenvalue weighted by atomic mass is 10.1. The first-order valence-corrected chi connectivity index (χ1v) is 3.31. The van der Waals surface area contributed by atoms with Crippen molar-refractivity contribution in [2.24, 2.45) is 0 Å². The summed E-state index contributed by atoms with van der Waals surface area (Å²) >= 11 is 0. The van der Waals surface area contributed by atoms with E-state index in [-0.39, 0.29) is 18.0 Å². The van der Waals surface area contributed by atoms with Gasteiger partial charge in [0.25, 0.3) is 0 Å². The Morgan fingerprint density at radius 3 is 3.00 bits per heavy atom. The molecular formula is C8H9NO2. The highest BCUT2D eigenvalue weighted by Gasteiger charge is 2.01. The molecule has 1 rings (SSSR count). The molecule has 0 saturated carbocycles. The second-order valence-corrected chi connectivity index (χ2v) is 2.38. The highest BCUT2D eigenvalue weighted by molar-refractivity contribution is 5.78. The van der Waals surface area contributed by atoms with E-state index in [2.05, 4.69) is 4.98 Å². The van der Waals surface area contributed by atoms with Crippen LogP contribution >= 0.6 is 0 Å². The lowest BCUT2D eigenvalue weighted by molar-refractivity contribution is -0.116. The van der Waals surface area contributed by atoms with E-state index < -0.39 is 0 Å². The smallest absolute Gasteiger partial charge is 0.137 e. The third kappa shape index (κ3) is 2.04. The maximum Gasteiger partial charge on any atom is 0.137 e. The molecule has 0 saturated heterocycles. The van der Waals surface area contributed by atoms with Gasteiger partial charge in [-0.1, -0.05) is 0 Å². The molecule has 1 N–H and O–H groups in total. The van der Waals surface area contributed by atoms with E-state index >= 15 is 0 Å². The fourth-order valence-electron chi connectivity index (χ4n) is 0.833. The van der Waals surface area contributed by atoms with E-state index in [9.17, 15) is 4.79 Å². The molecule has 0 spiro atoms. The van der Waals surface area contributed by atoms with Gasteiger partial charge in [-0.2, -0.15) is 0 Å². The van der Waals surface area contributed by atoms with Crippen molar-refractivity contribution in [1.29, 1.82) is 0 Å². The molecule has 0 aliphatic heterocycles. The van der Waals surface area contributed by atoms with Crippen molar-refractivity contribution in [2.75, 3.05) is 0 Å². The highest BCUT2D eigenvalue weighted by atomic mass is 16.3. The van der Waals surface area contributed by atoms with E-state index in [0.29, 0.717) is 5.56 Å². The zero-order valence-corrected chi connectivity index (χ0v) is 6.24. The number of rotatable bonds is 2. The number of Topliss-reactive ketones (excluding diaryl/α,β-unsaturated/α-hetero) is 1. The van der Waals surface area contributed by atoms with Crippen molar-refractivity contribution in [3.05, 3.63) is 24.0 Å². The Morgan fingerprint density at radius 1 is 1.73 bits per heavy atom. The van der Waals surface area contributed by atoms with Gasteiger partial charge in [0.1, 0.15) is 11.5 Å². The van der Waals surface area contributed by atoms with Gasteiger partial charge in [-0.05, 0) is 13.0 Å². The van der Waals surface area contributed by atoms with Crippen molar-refractivity contribution < 1.29 is 9.90 Å². The lowest BCUT2D eigenvalue weighted by Crippen LogP contribution is -1.96. The van der Waals surface area contributed by atoms with E-state index in [4.69, 9.17) is 5.11 Å². The SMILES string of the molecule is CC(=O)Cc1ccncc1O. The van der Waals surface area contributed by atoms with Gasteiger partial charge in [-0.3, -0.25) is 9.78 Å². The number of nitrogens with zero attached hydrogens (tertiary/aromatic N) is 1. The molecule has 0 aromatic carbocycles. The summed E-state index contributed by atoms with van der Waals surface area (Å²) in [5, 5.41) is 9.14. The average Bonchev–Trinajstić information content (AvgIpc) is 1.93. The van der Waals surface area contributed by atoms with Crippen molar-refractivity contribution >= 4 is 5.78 Å². The third-order valence-electron chi connectivity index (χ3n) is 1.33. The first kappa shape index (κ1) is 7.72. The largest absolute Gasteiger partial charge is 0.506 e. The summed E-state index contributed by atoms with van der Waals surface area (Å²) in [5.74, 6) is 0.120. The second kappa shape index (κ2) is 3.14. The summed E-state index contributed by atoms with van der Waals surface area (Å²) in [6.45, 7) is 1.49. The molecular weight excluding hydrogens is 142 g/mol. The van der Waals surface area contributed by atoms with E-state index in [1.54, 1.807) is 12.3 Å². The predicted octanol–water partition coefficient (Wildman–Crippen LogP) is 0.919. The molecule has 3 heteroatoms. The van der Waals surface area contributed by atoms with Crippen LogP contribution in [-0.2, 0) is 11.2 Å². The zero-order valence-electron chi connectivity index (χ0n) is 6.24. The predicted molar refractivity (Wildman–Crippen MR) is 40.3 cm³/mol. The minimum atomic E-state index is 0.0338. The summed E-state index contributed by atoms with van der Waals surface area (Å²) in [7, 11) is 0. The van der Waals surface area contributed by atoms with Gasteiger partial charge in [-0.25, -0.2) is 0 Å². The molecule has 0 radical (unpaired) electrons. The van der Waals surface area contributed by atoms with Crippen LogP contribution in [0.2, 0.25) is 0 Å². The first-order valence-electron chi connectivity index (χ1n) is 3.31. The molecule has 3 nitrogen and oxygen atoms in total. The number of aromatic nitrogens is 1. The van der Waals surface area contributed by atoms with Gasteiger partial charge >= 0.3 is 0 Å². The van der Waals surface area contributed by atoms with Gasteiger partial charge in [0, 0.05) is 18.2 Å². The molecule has 0 amide bonds. The standard InChI is InChI=1S/C8H9NO2/c1-6(10)4-7-2-3-9-5-8(7)11/h2-3,5,11H,4H2,1H3. The number of pyridine rings is 1. The van der Waals surface area contributed by atoms with Crippen LogP contribution in [0.3, 0.4) is 0 Å². The summed E-state index contributed by atoms with van der Waals surface area (Å²) in [4.78, 5) is 14.3. The van der Waals surface area contributed by atoms with Gasteiger partial charge in [0.2, 0.25) is 0 Å². The van der Waals surface area contributed by atoms with Crippen molar-refractivity contribution in [3.63, 3.8) is 0 Å². The molecule has 0 atom stereocenters. The fraction of sp³-hybridized carbons (Fsp3) is 0.250. The minimum Gasteiger partial charge on any atom is -0.506 e. The Kier molecular flexibility index (Phi) is 2.21. The van der Waals surface area contributed by atoms with E-state index in [1.165, 1.54) is 13.1 Å². The average molecular weight is 151 g/mol. The number of hydrogen-bond donors (Lipinski definition) is 1. The van der Waals surface area contributed by atoms with Gasteiger partial charge in [-0.15, -0.1) is 0 Å². The molecule has 0 aliphatic rings. The topological polar surface area (TPSA) is 50.2 Å². The Labute approximate surface area is 64.7 Å². The Bertz CT molecular complexity index is 271. The van der Waals surface area contributed by atoms with E-state index in [0.717, 1.165) is 0 Å². The zero-order chi connectivity index (χ0) is 8.27. The van der Waals surface area contributed by atoms with Crippen LogP contribution in [-0.4, -0.2) is 15.9 Å². The summed E-state index contributed by atoms with van der Waals surface area (Å²) in [5.41, 5.74) is 0.632. The van der Waals surface area contributed by atoms with Crippen LogP contribution in [0.1, 0.15) is 12.5 Å². The number of carbonyl (C=O) groups excluding carboxylic acids is 1. The first-order chi connectivity index (χ1) is 5.20. The molecule has 1 aromatic heterocycles. The molecule has 58 valence electrons. The molecule has 0 aliphatic carbocycles. The summed E-state index contributed by atoms with van der Waals surface area (Å²) in [6.07, 6.45) is 3.16. The fourth-order valence-corrected chi connectivity index (χ4v) is 0.833. The molecule has 11 heavy (non-hydrogen) atoms. The van der Waals surface area contributed by atoms with Crippen LogP contribution < -0.4 is 0 Å². The Hall–Kier alpha value is -1.38. The summed E-state index contributed by atoms with van der Waals surface area (Å²) in [6, 6.07) is 1.64. The van der Waals surface area contributed by atoms with Crippen molar-refractivity contribution in [1.82, 2.24) is 4.98 Å². The number of carbonyl (C=O) groups is 1. The Balaban J connectivity index is 2.86. The van der Waals surface area contributed by atoms with Gasteiger partial charge in [0.05, 0.1) is 6.20 Å². The Morgan fingerprint density at radius 2 is 2.45 bits per heavy atom. The van der Waals surface area contributed by atoms with Crippen LogP contribution in [0.15, 0.2) is 18.5 Å². The number of hydrogen-bond acceptors (Lipinski definition) is 3. The van der Waals surface area contributed by atoms with Crippen molar-refractivity contribution in [2.45, 2.75) is 13.3 Å². The molecule has 1 heterocycles. The maximum atomic E-state index is 10.6. The van der Waals surface area contributed by atoms with Gasteiger partial charge < -0.3 is 5.11 Å². The van der Waals surface area contributed by atoms with Crippen LogP contribution in [0.25, 0.3) is 0 Å². The molecule has 0 unspecified atom stereocenters. The summed E-state index contributed by atoms with van der Waals surface area (Å²) < 4.78 is 0. The highest BCUT2D eigenvalue weighted by Crippen LogP contribution is 2.14. The quantitative estimate of drug-likeness (QED) is 0.683. The number of aromatic hydroxyl groups is 1. The molecule has 0 bridgehead atoms. The van der Waals surface area contributed by atoms with Gasteiger partial charge in [0.15, 0.2) is 0 Å². The molecule has 0 fully saturated rings. The normalized spacial score (nSPS) is 9.55. The van der Waals surface area contributed by atoms with Crippen LogP contribution in [0.4, 0.5) is 0 Å². The van der Waals surface area contributed by atoms with E-state index in [1.807, 2.05) is 0 Å². The molecule has 1 aromatic rings. The van der Waals surface area contributed by atoms with Crippen LogP contribution in [0, 0.1) is 0 Å². The maximum absolute atomic E-state index is 10.6. The second-order valence-electron chi connectivity index (χ2n) is 2.38. The van der Waals surface area contributed by atoms with Crippen LogP contribution in [0.5, 0.6) is 5.75 Å². The lowest BCUT2D eigenvalue weighted by Gasteiger charge is -1.98. The number of ketones is 1.